The molecular formula is C20H30N2O2. The van der Waals surface area contributed by atoms with Crippen LogP contribution < -0.4 is 5.32 Å². The van der Waals surface area contributed by atoms with Gasteiger partial charge < -0.3 is 14.6 Å². The zero-order valence-electron chi connectivity index (χ0n) is 14.6. The van der Waals surface area contributed by atoms with E-state index < -0.39 is 0 Å². The first-order valence-electron chi connectivity index (χ1n) is 9.90. The third-order valence-corrected chi connectivity index (χ3v) is 6.23. The summed E-state index contributed by atoms with van der Waals surface area (Å²) in [6.07, 6.45) is 13.7. The Hall–Kier alpha value is -1.29. The van der Waals surface area contributed by atoms with E-state index in [-0.39, 0.29) is 5.91 Å². The van der Waals surface area contributed by atoms with E-state index in [0.717, 1.165) is 43.8 Å². The van der Waals surface area contributed by atoms with Gasteiger partial charge in [0.15, 0.2) is 5.76 Å². The molecule has 1 saturated heterocycles. The van der Waals surface area contributed by atoms with Gasteiger partial charge in [-0.2, -0.15) is 0 Å². The highest BCUT2D eigenvalue weighted by molar-refractivity contribution is 5.91. The topological polar surface area (TPSA) is 45.5 Å². The molecule has 0 bridgehead atoms. The van der Waals surface area contributed by atoms with Crippen molar-refractivity contribution in [1.29, 1.82) is 0 Å². The number of furan rings is 1. The minimum atomic E-state index is 0.0458. The highest BCUT2D eigenvalue weighted by Crippen LogP contribution is 2.40. The fraction of sp³-hybridized carbons (Fsp3) is 0.750. The lowest BCUT2D eigenvalue weighted by Crippen LogP contribution is -2.50. The molecule has 132 valence electrons. The lowest BCUT2D eigenvalue weighted by Gasteiger charge is -2.38. The highest BCUT2D eigenvalue weighted by atomic mass is 16.3. The maximum Gasteiger partial charge on any atom is 0.289 e. The summed E-state index contributed by atoms with van der Waals surface area (Å²) in [5, 5.41) is 4.02. The summed E-state index contributed by atoms with van der Waals surface area (Å²) in [7, 11) is 0. The average Bonchev–Trinajstić information content (AvgIpc) is 3.33. The predicted octanol–water partition coefficient (Wildman–Crippen LogP) is 3.83. The zero-order valence-corrected chi connectivity index (χ0v) is 14.6. The maximum atomic E-state index is 12.4. The third kappa shape index (κ3) is 3.69. The molecule has 2 aliphatic carbocycles. The summed E-state index contributed by atoms with van der Waals surface area (Å²) in [5.41, 5.74) is 0. The Bertz CT molecular complexity index is 524. The number of amides is 1. The monoisotopic (exact) mass is 330 g/mol. The SMILES string of the molecule is O=C(c1ccco1)N1CCC(N[C@@H](C2CCCCC2)C2CC2)CC1. The number of hydrogen-bond donors (Lipinski definition) is 1. The number of carbonyl (C=O) groups excluding carboxylic acids is 1. The Morgan fingerprint density at radius 3 is 2.38 bits per heavy atom. The third-order valence-electron chi connectivity index (χ3n) is 6.23. The summed E-state index contributed by atoms with van der Waals surface area (Å²) >= 11 is 0. The summed E-state index contributed by atoms with van der Waals surface area (Å²) in [4.78, 5) is 14.3. The Kier molecular flexibility index (Phi) is 4.93. The molecule has 0 radical (unpaired) electrons. The van der Waals surface area contributed by atoms with Crippen LogP contribution in [0, 0.1) is 11.8 Å². The molecule has 1 aliphatic heterocycles. The normalized spacial score (nSPS) is 24.9. The van der Waals surface area contributed by atoms with Crippen LogP contribution in [0.3, 0.4) is 0 Å². The van der Waals surface area contributed by atoms with Crippen molar-refractivity contribution in [2.24, 2.45) is 11.8 Å². The van der Waals surface area contributed by atoms with E-state index >= 15 is 0 Å². The number of likely N-dealkylation sites (tertiary alicyclic amines) is 1. The molecule has 1 aromatic heterocycles. The van der Waals surface area contributed by atoms with Crippen molar-refractivity contribution < 1.29 is 9.21 Å². The second kappa shape index (κ2) is 7.30. The van der Waals surface area contributed by atoms with Crippen LogP contribution in [0.15, 0.2) is 22.8 Å². The number of nitrogens with zero attached hydrogens (tertiary/aromatic N) is 1. The average molecular weight is 330 g/mol. The molecule has 2 saturated carbocycles. The van der Waals surface area contributed by atoms with E-state index in [9.17, 15) is 4.79 Å². The smallest absolute Gasteiger partial charge is 0.289 e. The van der Waals surface area contributed by atoms with Gasteiger partial charge in [0.05, 0.1) is 6.26 Å². The van der Waals surface area contributed by atoms with Gasteiger partial charge in [-0.15, -0.1) is 0 Å². The van der Waals surface area contributed by atoms with E-state index in [1.165, 1.54) is 44.9 Å². The van der Waals surface area contributed by atoms with Gasteiger partial charge in [0.25, 0.3) is 5.91 Å². The quantitative estimate of drug-likeness (QED) is 0.892. The molecule has 4 rings (SSSR count). The van der Waals surface area contributed by atoms with Crippen LogP contribution in [0.25, 0.3) is 0 Å². The van der Waals surface area contributed by atoms with E-state index in [4.69, 9.17) is 4.42 Å². The molecule has 3 fully saturated rings. The molecule has 0 aromatic carbocycles. The maximum absolute atomic E-state index is 12.4. The minimum Gasteiger partial charge on any atom is -0.459 e. The number of carbonyl (C=O) groups is 1. The summed E-state index contributed by atoms with van der Waals surface area (Å²) in [6, 6.07) is 4.87. The molecule has 1 atom stereocenters. The molecule has 1 N–H and O–H groups in total. The first-order valence-corrected chi connectivity index (χ1v) is 9.90. The first-order chi connectivity index (χ1) is 11.8. The fourth-order valence-electron chi connectivity index (χ4n) is 4.68. The molecule has 3 aliphatic rings. The van der Waals surface area contributed by atoms with Gasteiger partial charge in [-0.1, -0.05) is 19.3 Å². The first kappa shape index (κ1) is 16.2. The zero-order chi connectivity index (χ0) is 16.4. The molecule has 4 heteroatoms. The van der Waals surface area contributed by atoms with Crippen LogP contribution >= 0.6 is 0 Å². The van der Waals surface area contributed by atoms with Crippen LogP contribution in [-0.2, 0) is 0 Å². The van der Waals surface area contributed by atoms with Crippen LogP contribution in [0.4, 0.5) is 0 Å². The van der Waals surface area contributed by atoms with Gasteiger partial charge in [-0.3, -0.25) is 4.79 Å². The summed E-state index contributed by atoms with van der Waals surface area (Å²) < 4.78 is 5.25. The Balaban J connectivity index is 1.29. The predicted molar refractivity (Wildman–Crippen MR) is 93.9 cm³/mol. The molecule has 4 nitrogen and oxygen atoms in total. The van der Waals surface area contributed by atoms with Crippen molar-refractivity contribution in [1.82, 2.24) is 10.2 Å². The highest BCUT2D eigenvalue weighted by Gasteiger charge is 2.38. The van der Waals surface area contributed by atoms with Gasteiger partial charge in [0.1, 0.15) is 0 Å². The Morgan fingerprint density at radius 2 is 1.75 bits per heavy atom. The molecule has 1 amide bonds. The van der Waals surface area contributed by atoms with Crippen molar-refractivity contribution in [2.45, 2.75) is 69.9 Å². The second-order valence-corrected chi connectivity index (χ2v) is 7.97. The second-order valence-electron chi connectivity index (χ2n) is 7.97. The number of rotatable bonds is 5. The van der Waals surface area contributed by atoms with E-state index in [1.54, 1.807) is 18.4 Å². The van der Waals surface area contributed by atoms with Crippen LogP contribution in [0.2, 0.25) is 0 Å². The van der Waals surface area contributed by atoms with E-state index in [2.05, 4.69) is 5.32 Å². The van der Waals surface area contributed by atoms with Crippen molar-refractivity contribution in [3.63, 3.8) is 0 Å². The van der Waals surface area contributed by atoms with Crippen molar-refractivity contribution in [3.8, 4) is 0 Å². The molecule has 0 spiro atoms. The van der Waals surface area contributed by atoms with E-state index in [1.807, 2.05) is 4.90 Å². The van der Waals surface area contributed by atoms with Crippen molar-refractivity contribution >= 4 is 5.91 Å². The molecular weight excluding hydrogens is 300 g/mol. The summed E-state index contributed by atoms with van der Waals surface area (Å²) in [6.45, 7) is 1.69. The lowest BCUT2D eigenvalue weighted by molar-refractivity contribution is 0.0662. The minimum absolute atomic E-state index is 0.0458. The standard InChI is InChI=1S/C20H30N2O2/c23-20(18-7-4-14-24-18)22-12-10-17(11-13-22)21-19(16-8-9-16)15-5-2-1-3-6-15/h4,7,14-17,19,21H,1-3,5-6,8-13H2/t19-/m0/s1. The van der Waals surface area contributed by atoms with Gasteiger partial charge in [0.2, 0.25) is 0 Å². The molecule has 24 heavy (non-hydrogen) atoms. The molecule has 2 heterocycles. The Labute approximate surface area is 145 Å². The van der Waals surface area contributed by atoms with Gasteiger partial charge >= 0.3 is 0 Å². The number of hydrogen-bond acceptors (Lipinski definition) is 3. The Morgan fingerprint density at radius 1 is 1.04 bits per heavy atom. The fourth-order valence-corrected chi connectivity index (χ4v) is 4.68. The van der Waals surface area contributed by atoms with Crippen LogP contribution in [-0.4, -0.2) is 36.0 Å². The van der Waals surface area contributed by atoms with Crippen molar-refractivity contribution in [3.05, 3.63) is 24.2 Å². The van der Waals surface area contributed by atoms with E-state index in [0.29, 0.717) is 11.8 Å². The van der Waals surface area contributed by atoms with Gasteiger partial charge in [-0.05, 0) is 62.5 Å². The number of nitrogens with one attached hydrogen (secondary N) is 1. The van der Waals surface area contributed by atoms with Crippen LogP contribution in [0.1, 0.15) is 68.3 Å². The van der Waals surface area contributed by atoms with Crippen LogP contribution in [0.5, 0.6) is 0 Å². The summed E-state index contributed by atoms with van der Waals surface area (Å²) in [5.74, 6) is 2.34. The molecule has 1 aromatic rings. The van der Waals surface area contributed by atoms with Gasteiger partial charge in [-0.25, -0.2) is 0 Å². The largest absolute Gasteiger partial charge is 0.459 e. The molecule has 0 unspecified atom stereocenters. The lowest BCUT2D eigenvalue weighted by atomic mass is 9.81. The van der Waals surface area contributed by atoms with Gasteiger partial charge in [0, 0.05) is 25.2 Å². The van der Waals surface area contributed by atoms with Crippen molar-refractivity contribution in [2.75, 3.05) is 13.1 Å². The number of piperidine rings is 1.